The van der Waals surface area contributed by atoms with Crippen LogP contribution >= 0.6 is 0 Å². The van der Waals surface area contributed by atoms with E-state index in [-0.39, 0.29) is 13.2 Å². The van der Waals surface area contributed by atoms with Crippen LogP contribution in [0.2, 0.25) is 0 Å². The molecule has 20 heavy (non-hydrogen) atoms. The van der Waals surface area contributed by atoms with Gasteiger partial charge in [-0.2, -0.15) is 5.26 Å². The van der Waals surface area contributed by atoms with Crippen molar-refractivity contribution in [3.8, 4) is 11.8 Å². The molecule has 0 aliphatic heterocycles. The quantitative estimate of drug-likeness (QED) is 0.737. The molecule has 5 nitrogen and oxygen atoms in total. The van der Waals surface area contributed by atoms with Crippen molar-refractivity contribution in [3.05, 3.63) is 29.8 Å². The van der Waals surface area contributed by atoms with Gasteiger partial charge in [-0.1, -0.05) is 6.92 Å². The summed E-state index contributed by atoms with van der Waals surface area (Å²) >= 11 is 0. The first-order valence-electron chi connectivity index (χ1n) is 6.56. The molecule has 0 unspecified atom stereocenters. The maximum absolute atomic E-state index is 9.24. The lowest BCUT2D eigenvalue weighted by Crippen LogP contribution is -2.40. The van der Waals surface area contributed by atoms with Crippen LogP contribution in [0.3, 0.4) is 0 Å². The zero-order valence-corrected chi connectivity index (χ0v) is 12.0. The van der Waals surface area contributed by atoms with Gasteiger partial charge < -0.3 is 19.8 Å². The minimum atomic E-state index is -0.497. The van der Waals surface area contributed by atoms with Gasteiger partial charge in [-0.15, -0.1) is 0 Å². The number of aliphatic hydroxyl groups is 2. The van der Waals surface area contributed by atoms with Crippen molar-refractivity contribution in [2.45, 2.75) is 6.92 Å². The van der Waals surface area contributed by atoms with Gasteiger partial charge in [0, 0.05) is 18.5 Å². The zero-order valence-electron chi connectivity index (χ0n) is 12.0. The molecule has 0 amide bonds. The highest BCUT2D eigenvalue weighted by atomic mass is 16.5. The van der Waals surface area contributed by atoms with E-state index >= 15 is 0 Å². The van der Waals surface area contributed by atoms with E-state index in [4.69, 9.17) is 10.00 Å². The van der Waals surface area contributed by atoms with Crippen LogP contribution in [0.5, 0.6) is 5.75 Å². The Labute approximate surface area is 120 Å². The number of ether oxygens (including phenoxy) is 1. The molecule has 0 saturated carbocycles. The molecule has 0 fully saturated rings. The summed E-state index contributed by atoms with van der Waals surface area (Å²) < 4.78 is 5.58. The molecule has 0 aliphatic carbocycles. The molecule has 0 radical (unpaired) electrons. The molecule has 1 rings (SSSR count). The Bertz CT molecular complexity index is 435. The first kappa shape index (κ1) is 16.4. The molecule has 2 N–H and O–H groups in total. The van der Waals surface area contributed by atoms with Crippen molar-refractivity contribution in [3.63, 3.8) is 0 Å². The van der Waals surface area contributed by atoms with Crippen molar-refractivity contribution in [2.24, 2.45) is 5.41 Å². The molecule has 0 aromatic heterocycles. The number of aliphatic hydroxyl groups excluding tert-OH is 2. The molecule has 0 atom stereocenters. The number of rotatable bonds is 8. The maximum Gasteiger partial charge on any atom is 0.119 e. The van der Waals surface area contributed by atoms with Gasteiger partial charge >= 0.3 is 0 Å². The molecule has 0 heterocycles. The maximum atomic E-state index is 9.24. The molecule has 1 aromatic carbocycles. The van der Waals surface area contributed by atoms with Crippen LogP contribution in [0.4, 0.5) is 0 Å². The fraction of sp³-hybridized carbons (Fsp3) is 0.533. The van der Waals surface area contributed by atoms with E-state index in [0.29, 0.717) is 25.3 Å². The lowest BCUT2D eigenvalue weighted by atomic mass is 9.92. The SMILES string of the molecule is CN(CCOc1ccc(C#N)cc1)CC(C)(CO)CO. The van der Waals surface area contributed by atoms with Gasteiger partial charge in [0.25, 0.3) is 0 Å². The third-order valence-electron chi connectivity index (χ3n) is 3.14. The molecule has 110 valence electrons. The largest absolute Gasteiger partial charge is 0.492 e. The Balaban J connectivity index is 2.34. The normalized spacial score (nSPS) is 11.4. The predicted molar refractivity (Wildman–Crippen MR) is 76.4 cm³/mol. The smallest absolute Gasteiger partial charge is 0.119 e. The highest BCUT2D eigenvalue weighted by Crippen LogP contribution is 2.15. The fourth-order valence-electron chi connectivity index (χ4n) is 1.83. The summed E-state index contributed by atoms with van der Waals surface area (Å²) in [7, 11) is 1.92. The van der Waals surface area contributed by atoms with Gasteiger partial charge in [0.1, 0.15) is 12.4 Å². The Morgan fingerprint density at radius 3 is 2.35 bits per heavy atom. The number of hydrogen-bond donors (Lipinski definition) is 2. The zero-order chi connectivity index (χ0) is 15.0. The van der Waals surface area contributed by atoms with E-state index in [1.54, 1.807) is 24.3 Å². The Kier molecular flexibility index (Phi) is 6.46. The van der Waals surface area contributed by atoms with Crippen LogP contribution < -0.4 is 4.74 Å². The molecular weight excluding hydrogens is 256 g/mol. The minimum Gasteiger partial charge on any atom is -0.492 e. The fourth-order valence-corrected chi connectivity index (χ4v) is 1.83. The Hall–Kier alpha value is -1.61. The van der Waals surface area contributed by atoms with E-state index in [9.17, 15) is 10.2 Å². The number of hydrogen-bond acceptors (Lipinski definition) is 5. The van der Waals surface area contributed by atoms with Crippen LogP contribution in [0.1, 0.15) is 12.5 Å². The van der Waals surface area contributed by atoms with E-state index in [1.807, 2.05) is 18.9 Å². The summed E-state index contributed by atoms with van der Waals surface area (Å²) in [4.78, 5) is 2.01. The molecular formula is C15H22N2O3. The molecule has 5 heteroatoms. The second-order valence-corrected chi connectivity index (χ2v) is 5.35. The van der Waals surface area contributed by atoms with Crippen LogP contribution in [-0.2, 0) is 0 Å². The second kappa shape index (κ2) is 7.85. The number of benzene rings is 1. The van der Waals surface area contributed by atoms with Crippen molar-refractivity contribution in [1.82, 2.24) is 4.90 Å². The minimum absolute atomic E-state index is 0.0513. The summed E-state index contributed by atoms with van der Waals surface area (Å²) in [5.74, 6) is 0.726. The standard InChI is InChI=1S/C15H22N2O3/c1-15(11-18,12-19)10-17(2)7-8-20-14-5-3-13(9-16)4-6-14/h3-6,18-19H,7-8,10-12H2,1-2H3. The predicted octanol–water partition coefficient (Wildman–Crippen LogP) is 0.860. The topological polar surface area (TPSA) is 76.7 Å². The van der Waals surface area contributed by atoms with Gasteiger partial charge in [0.05, 0.1) is 24.8 Å². The monoisotopic (exact) mass is 278 g/mol. The number of nitrogens with zero attached hydrogens (tertiary/aromatic N) is 2. The van der Waals surface area contributed by atoms with Crippen LogP contribution in [0.25, 0.3) is 0 Å². The van der Waals surface area contributed by atoms with E-state index in [1.165, 1.54) is 0 Å². The first-order valence-corrected chi connectivity index (χ1v) is 6.56. The summed E-state index contributed by atoms with van der Waals surface area (Å²) in [5, 5.41) is 27.2. The summed E-state index contributed by atoms with van der Waals surface area (Å²) in [5.41, 5.74) is 0.111. The molecule has 0 bridgehead atoms. The summed E-state index contributed by atoms with van der Waals surface area (Å²) in [6.07, 6.45) is 0. The molecule has 0 saturated heterocycles. The van der Waals surface area contributed by atoms with Gasteiger partial charge in [-0.3, -0.25) is 0 Å². The highest BCUT2D eigenvalue weighted by molar-refractivity contribution is 5.34. The van der Waals surface area contributed by atoms with Crippen molar-refractivity contribution >= 4 is 0 Å². The summed E-state index contributed by atoms with van der Waals surface area (Å²) in [6.45, 7) is 3.53. The average Bonchev–Trinajstić information content (AvgIpc) is 2.47. The molecule has 0 aliphatic rings. The number of likely N-dealkylation sites (N-methyl/N-ethyl adjacent to an activating group) is 1. The third-order valence-corrected chi connectivity index (χ3v) is 3.14. The summed E-state index contributed by atoms with van der Waals surface area (Å²) in [6, 6.07) is 9.02. The van der Waals surface area contributed by atoms with Crippen molar-refractivity contribution in [2.75, 3.05) is 40.0 Å². The Morgan fingerprint density at radius 1 is 1.25 bits per heavy atom. The first-order chi connectivity index (χ1) is 9.53. The second-order valence-electron chi connectivity index (χ2n) is 5.35. The van der Waals surface area contributed by atoms with Crippen LogP contribution in [0, 0.1) is 16.7 Å². The third kappa shape index (κ3) is 5.17. The highest BCUT2D eigenvalue weighted by Gasteiger charge is 2.24. The van der Waals surface area contributed by atoms with Gasteiger partial charge in [0.2, 0.25) is 0 Å². The van der Waals surface area contributed by atoms with Gasteiger partial charge in [0.15, 0.2) is 0 Å². The molecule has 1 aromatic rings. The number of nitriles is 1. The van der Waals surface area contributed by atoms with Crippen molar-refractivity contribution in [1.29, 1.82) is 5.26 Å². The van der Waals surface area contributed by atoms with E-state index in [0.717, 1.165) is 5.75 Å². The van der Waals surface area contributed by atoms with Gasteiger partial charge in [-0.25, -0.2) is 0 Å². The van der Waals surface area contributed by atoms with Crippen molar-refractivity contribution < 1.29 is 14.9 Å². The lowest BCUT2D eigenvalue weighted by Gasteiger charge is -2.30. The van der Waals surface area contributed by atoms with E-state index in [2.05, 4.69) is 6.07 Å². The van der Waals surface area contributed by atoms with Crippen LogP contribution in [0.15, 0.2) is 24.3 Å². The van der Waals surface area contributed by atoms with Crippen LogP contribution in [-0.4, -0.2) is 55.1 Å². The average molecular weight is 278 g/mol. The van der Waals surface area contributed by atoms with Gasteiger partial charge in [-0.05, 0) is 31.3 Å². The van der Waals surface area contributed by atoms with E-state index < -0.39 is 5.41 Å². The lowest BCUT2D eigenvalue weighted by molar-refractivity contribution is 0.0391. The molecule has 0 spiro atoms. The Morgan fingerprint density at radius 2 is 1.85 bits per heavy atom.